The normalized spacial score (nSPS) is 16.3. The Balaban J connectivity index is 1.91. The van der Waals surface area contributed by atoms with E-state index in [0.29, 0.717) is 0 Å². The van der Waals surface area contributed by atoms with Gasteiger partial charge in [0.1, 0.15) is 6.54 Å². The SMILES string of the molecule is O=C(O)CNC(=O)C1C(=O)c2ccc(-c3cccs3)cc2C1=O. The van der Waals surface area contributed by atoms with Gasteiger partial charge in [-0.15, -0.1) is 11.3 Å². The number of carbonyl (C=O) groups is 4. The third kappa shape index (κ3) is 2.66. The van der Waals surface area contributed by atoms with E-state index in [2.05, 4.69) is 5.32 Å². The average Bonchev–Trinajstić information content (AvgIpc) is 3.13. The van der Waals surface area contributed by atoms with Crippen molar-refractivity contribution in [2.75, 3.05) is 6.54 Å². The van der Waals surface area contributed by atoms with E-state index in [1.54, 1.807) is 12.1 Å². The maximum Gasteiger partial charge on any atom is 0.322 e. The molecule has 23 heavy (non-hydrogen) atoms. The molecule has 3 rings (SSSR count). The molecule has 1 heterocycles. The van der Waals surface area contributed by atoms with Gasteiger partial charge < -0.3 is 10.4 Å². The van der Waals surface area contributed by atoms with Gasteiger partial charge in [-0.1, -0.05) is 12.1 Å². The van der Waals surface area contributed by atoms with E-state index < -0.39 is 35.9 Å². The molecule has 1 atom stereocenters. The molecular formula is C16H11NO5S. The van der Waals surface area contributed by atoms with Crippen molar-refractivity contribution in [2.24, 2.45) is 5.92 Å². The minimum atomic E-state index is -1.50. The molecule has 2 aromatic rings. The molecule has 6 nitrogen and oxygen atoms in total. The first-order valence-corrected chi connectivity index (χ1v) is 7.63. The molecule has 7 heteroatoms. The molecule has 1 amide bonds. The molecule has 1 aromatic heterocycles. The van der Waals surface area contributed by atoms with Gasteiger partial charge in [-0.25, -0.2) is 0 Å². The van der Waals surface area contributed by atoms with Crippen LogP contribution in [0.1, 0.15) is 20.7 Å². The molecule has 0 saturated carbocycles. The number of aliphatic carboxylic acids is 1. The van der Waals surface area contributed by atoms with Crippen molar-refractivity contribution < 1.29 is 24.3 Å². The number of hydrogen-bond acceptors (Lipinski definition) is 5. The summed E-state index contributed by atoms with van der Waals surface area (Å²) in [4.78, 5) is 48.0. The van der Waals surface area contributed by atoms with Crippen LogP contribution in [0.15, 0.2) is 35.7 Å². The number of carboxylic acid groups (broad SMARTS) is 1. The highest BCUT2D eigenvalue weighted by atomic mass is 32.1. The lowest BCUT2D eigenvalue weighted by molar-refractivity contribution is -0.138. The quantitative estimate of drug-likeness (QED) is 0.830. The fraction of sp³-hybridized carbons (Fsp3) is 0.125. The highest BCUT2D eigenvalue weighted by Gasteiger charge is 2.43. The van der Waals surface area contributed by atoms with Gasteiger partial charge in [0.15, 0.2) is 17.5 Å². The highest BCUT2D eigenvalue weighted by Crippen LogP contribution is 2.32. The first-order chi connectivity index (χ1) is 11.0. The van der Waals surface area contributed by atoms with Crippen LogP contribution in [0.3, 0.4) is 0 Å². The largest absolute Gasteiger partial charge is 0.480 e. The number of hydrogen-bond donors (Lipinski definition) is 2. The molecule has 2 N–H and O–H groups in total. The Morgan fingerprint density at radius 2 is 1.87 bits per heavy atom. The van der Waals surface area contributed by atoms with Crippen LogP contribution in [0, 0.1) is 5.92 Å². The number of fused-ring (bicyclic) bond motifs is 1. The predicted molar refractivity (Wildman–Crippen MR) is 82.6 cm³/mol. The predicted octanol–water partition coefficient (Wildman–Crippen LogP) is 1.61. The van der Waals surface area contributed by atoms with Crippen molar-refractivity contribution in [3.05, 3.63) is 46.8 Å². The van der Waals surface area contributed by atoms with Crippen molar-refractivity contribution in [1.29, 1.82) is 0 Å². The number of carboxylic acids is 1. The molecule has 1 unspecified atom stereocenters. The molecule has 0 saturated heterocycles. The van der Waals surface area contributed by atoms with Crippen LogP contribution in [0.5, 0.6) is 0 Å². The van der Waals surface area contributed by atoms with E-state index >= 15 is 0 Å². The van der Waals surface area contributed by atoms with Crippen molar-refractivity contribution in [3.63, 3.8) is 0 Å². The van der Waals surface area contributed by atoms with Crippen LogP contribution in [0.4, 0.5) is 0 Å². The summed E-state index contributed by atoms with van der Waals surface area (Å²) < 4.78 is 0. The van der Waals surface area contributed by atoms with Gasteiger partial charge in [0.05, 0.1) is 0 Å². The minimum Gasteiger partial charge on any atom is -0.480 e. The summed E-state index contributed by atoms with van der Waals surface area (Å²) in [6.45, 7) is -0.632. The van der Waals surface area contributed by atoms with E-state index in [4.69, 9.17) is 5.11 Å². The van der Waals surface area contributed by atoms with Gasteiger partial charge in [0.2, 0.25) is 5.91 Å². The Morgan fingerprint density at radius 1 is 1.13 bits per heavy atom. The minimum absolute atomic E-state index is 0.200. The standard InChI is InChI=1S/C16H11NO5S/c18-12(19)7-17-16(22)13-14(20)9-4-3-8(6-10(9)15(13)21)11-2-1-5-23-11/h1-6,13H,7H2,(H,17,22)(H,18,19). The number of benzene rings is 1. The topological polar surface area (TPSA) is 101 Å². The monoisotopic (exact) mass is 329 g/mol. The number of ketones is 2. The van der Waals surface area contributed by atoms with E-state index in [1.165, 1.54) is 17.4 Å². The third-order valence-electron chi connectivity index (χ3n) is 3.56. The molecule has 1 aromatic carbocycles. The second-order valence-electron chi connectivity index (χ2n) is 5.01. The lowest BCUT2D eigenvalue weighted by Gasteiger charge is -2.06. The summed E-state index contributed by atoms with van der Waals surface area (Å²) in [5, 5.41) is 12.6. The summed E-state index contributed by atoms with van der Waals surface area (Å²) in [5.41, 5.74) is 1.20. The molecule has 0 aliphatic heterocycles. The lowest BCUT2D eigenvalue weighted by atomic mass is 10.0. The Kier molecular flexibility index (Phi) is 3.79. The van der Waals surface area contributed by atoms with Crippen molar-refractivity contribution in [2.45, 2.75) is 0 Å². The van der Waals surface area contributed by atoms with Gasteiger partial charge >= 0.3 is 5.97 Å². The Labute approximate surface area is 134 Å². The zero-order chi connectivity index (χ0) is 16.6. The number of amides is 1. The molecule has 1 aliphatic rings. The smallest absolute Gasteiger partial charge is 0.322 e. The summed E-state index contributed by atoms with van der Waals surface area (Å²) in [6, 6.07) is 8.64. The number of rotatable bonds is 4. The molecule has 0 bridgehead atoms. The first-order valence-electron chi connectivity index (χ1n) is 6.75. The summed E-state index contributed by atoms with van der Waals surface area (Å²) in [6.07, 6.45) is 0. The van der Waals surface area contributed by atoms with Crippen LogP contribution >= 0.6 is 11.3 Å². The van der Waals surface area contributed by atoms with Crippen LogP contribution in [0.25, 0.3) is 10.4 Å². The second kappa shape index (κ2) is 5.77. The second-order valence-corrected chi connectivity index (χ2v) is 5.96. The van der Waals surface area contributed by atoms with Crippen LogP contribution in [-0.4, -0.2) is 35.1 Å². The average molecular weight is 329 g/mol. The Hall–Kier alpha value is -2.80. The maximum absolute atomic E-state index is 12.4. The lowest BCUT2D eigenvalue weighted by Crippen LogP contribution is -2.39. The summed E-state index contributed by atoms with van der Waals surface area (Å²) in [7, 11) is 0. The Morgan fingerprint density at radius 3 is 2.52 bits per heavy atom. The maximum atomic E-state index is 12.4. The zero-order valence-corrected chi connectivity index (χ0v) is 12.6. The van der Waals surface area contributed by atoms with E-state index in [-0.39, 0.29) is 11.1 Å². The molecule has 0 fully saturated rings. The third-order valence-corrected chi connectivity index (χ3v) is 4.48. The number of nitrogens with one attached hydrogen (secondary N) is 1. The molecule has 0 radical (unpaired) electrons. The molecule has 1 aliphatic carbocycles. The van der Waals surface area contributed by atoms with Gasteiger partial charge in [-0.05, 0) is 29.1 Å². The highest BCUT2D eigenvalue weighted by molar-refractivity contribution is 7.13. The van der Waals surface area contributed by atoms with Crippen molar-refractivity contribution >= 4 is 34.8 Å². The van der Waals surface area contributed by atoms with Crippen LogP contribution < -0.4 is 5.32 Å². The van der Waals surface area contributed by atoms with Crippen molar-refractivity contribution in [1.82, 2.24) is 5.32 Å². The van der Waals surface area contributed by atoms with E-state index in [1.807, 2.05) is 17.5 Å². The van der Waals surface area contributed by atoms with Gasteiger partial charge in [0, 0.05) is 16.0 Å². The van der Waals surface area contributed by atoms with Crippen molar-refractivity contribution in [3.8, 4) is 10.4 Å². The zero-order valence-electron chi connectivity index (χ0n) is 11.7. The summed E-state index contributed by atoms with van der Waals surface area (Å²) in [5.74, 6) is -4.80. The summed E-state index contributed by atoms with van der Waals surface area (Å²) >= 11 is 1.50. The van der Waals surface area contributed by atoms with Gasteiger partial charge in [-0.2, -0.15) is 0 Å². The fourth-order valence-electron chi connectivity index (χ4n) is 2.49. The fourth-order valence-corrected chi connectivity index (χ4v) is 3.22. The Bertz CT molecular complexity index is 825. The molecule has 116 valence electrons. The molecule has 0 spiro atoms. The number of carbonyl (C=O) groups excluding carboxylic acids is 3. The van der Waals surface area contributed by atoms with E-state index in [0.717, 1.165) is 10.4 Å². The number of thiophene rings is 1. The number of Topliss-reactive ketones (excluding diaryl/α,β-unsaturated/α-hetero) is 2. The van der Waals surface area contributed by atoms with Gasteiger partial charge in [0.25, 0.3) is 0 Å². The van der Waals surface area contributed by atoms with Gasteiger partial charge in [-0.3, -0.25) is 19.2 Å². The van der Waals surface area contributed by atoms with Crippen LogP contribution in [-0.2, 0) is 9.59 Å². The molecular weight excluding hydrogens is 318 g/mol. The first kappa shape index (κ1) is 15.1. The van der Waals surface area contributed by atoms with E-state index in [9.17, 15) is 19.2 Å². The van der Waals surface area contributed by atoms with Crippen LogP contribution in [0.2, 0.25) is 0 Å².